The molecule has 2 rings (SSSR count). The van der Waals surface area contributed by atoms with Gasteiger partial charge in [0.25, 0.3) is 0 Å². The van der Waals surface area contributed by atoms with Crippen molar-refractivity contribution in [3.05, 3.63) is 24.0 Å². The summed E-state index contributed by atoms with van der Waals surface area (Å²) in [5, 5.41) is 10.4. The summed E-state index contributed by atoms with van der Waals surface area (Å²) < 4.78 is 0. The highest BCUT2D eigenvalue weighted by Gasteiger charge is 2.32. The highest BCUT2D eigenvalue weighted by atomic mass is 32.1. The van der Waals surface area contributed by atoms with Gasteiger partial charge in [0.1, 0.15) is 10.7 Å². The number of rotatable bonds is 4. The van der Waals surface area contributed by atoms with Gasteiger partial charge in [-0.05, 0) is 25.0 Å². The van der Waals surface area contributed by atoms with Gasteiger partial charge in [-0.2, -0.15) is 0 Å². The van der Waals surface area contributed by atoms with Crippen LogP contribution in [0.2, 0.25) is 0 Å². The predicted octanol–water partition coefficient (Wildman–Crippen LogP) is 1.46. The molecule has 18 heavy (non-hydrogen) atoms. The van der Waals surface area contributed by atoms with E-state index in [0.717, 1.165) is 31.4 Å². The van der Waals surface area contributed by atoms with Gasteiger partial charge in [0, 0.05) is 19.8 Å². The van der Waals surface area contributed by atoms with Crippen molar-refractivity contribution in [3.8, 4) is 0 Å². The minimum atomic E-state index is -0.585. The summed E-state index contributed by atoms with van der Waals surface area (Å²) in [4.78, 5) is 6.49. The van der Waals surface area contributed by atoms with Gasteiger partial charge in [-0.1, -0.05) is 25.1 Å². The van der Waals surface area contributed by atoms with Crippen LogP contribution in [0.3, 0.4) is 0 Å². The first-order valence-electron chi connectivity index (χ1n) is 6.20. The lowest BCUT2D eigenvalue weighted by Crippen LogP contribution is -2.40. The van der Waals surface area contributed by atoms with Crippen LogP contribution in [0.25, 0.3) is 0 Å². The zero-order chi connectivity index (χ0) is 13.2. The lowest BCUT2D eigenvalue weighted by atomic mass is 10.0. The van der Waals surface area contributed by atoms with Crippen molar-refractivity contribution >= 4 is 22.9 Å². The number of thiocarbonyl (C=S) groups is 1. The van der Waals surface area contributed by atoms with E-state index in [1.54, 1.807) is 6.20 Å². The molecule has 0 amide bonds. The second-order valence-electron chi connectivity index (χ2n) is 5.02. The number of hydrogen-bond donors (Lipinski definition) is 2. The number of nitrogens with zero attached hydrogens (tertiary/aromatic N) is 2. The standard InChI is InChI=1S/C13H19N3OS/c1-16(9-13(17)6-2-3-7-13)10-5-4-8-15-11(10)12(14)18/h4-5,8,17H,2-3,6-7,9H2,1H3,(H2,14,18). The topological polar surface area (TPSA) is 62.4 Å². The molecule has 1 fully saturated rings. The summed E-state index contributed by atoms with van der Waals surface area (Å²) in [6.07, 6.45) is 5.59. The molecule has 98 valence electrons. The van der Waals surface area contributed by atoms with Crippen LogP contribution >= 0.6 is 12.2 Å². The Bertz CT molecular complexity index is 444. The Morgan fingerprint density at radius 2 is 2.22 bits per heavy atom. The van der Waals surface area contributed by atoms with Crippen LogP contribution in [0.1, 0.15) is 31.4 Å². The number of pyridine rings is 1. The third-order valence-electron chi connectivity index (χ3n) is 3.50. The number of aliphatic hydroxyl groups is 1. The third kappa shape index (κ3) is 2.79. The van der Waals surface area contributed by atoms with Crippen molar-refractivity contribution in [2.24, 2.45) is 5.73 Å². The highest BCUT2D eigenvalue weighted by Crippen LogP contribution is 2.31. The first kappa shape index (κ1) is 13.2. The maximum absolute atomic E-state index is 10.4. The van der Waals surface area contributed by atoms with Gasteiger partial charge in [0.15, 0.2) is 0 Å². The van der Waals surface area contributed by atoms with Gasteiger partial charge in [0.2, 0.25) is 0 Å². The van der Waals surface area contributed by atoms with E-state index >= 15 is 0 Å². The molecule has 0 radical (unpaired) electrons. The molecule has 0 aliphatic heterocycles. The molecule has 0 aromatic carbocycles. The Hall–Kier alpha value is -1.20. The van der Waals surface area contributed by atoms with Crippen LogP contribution in [-0.2, 0) is 0 Å². The van der Waals surface area contributed by atoms with E-state index in [9.17, 15) is 5.11 Å². The van der Waals surface area contributed by atoms with Gasteiger partial charge in [-0.15, -0.1) is 0 Å². The minimum absolute atomic E-state index is 0.288. The van der Waals surface area contributed by atoms with Gasteiger partial charge >= 0.3 is 0 Å². The normalized spacial score (nSPS) is 17.7. The molecule has 0 saturated heterocycles. The van der Waals surface area contributed by atoms with Gasteiger partial charge in [-0.3, -0.25) is 4.98 Å². The van der Waals surface area contributed by atoms with Crippen LogP contribution in [0, 0.1) is 0 Å². The van der Waals surface area contributed by atoms with Crippen LogP contribution in [-0.4, -0.2) is 34.3 Å². The van der Waals surface area contributed by atoms with E-state index in [1.807, 2.05) is 24.1 Å². The average molecular weight is 265 g/mol. The van der Waals surface area contributed by atoms with E-state index < -0.39 is 5.60 Å². The zero-order valence-corrected chi connectivity index (χ0v) is 11.4. The van der Waals surface area contributed by atoms with Crippen LogP contribution in [0.15, 0.2) is 18.3 Å². The molecular formula is C13H19N3OS. The van der Waals surface area contributed by atoms with Gasteiger partial charge < -0.3 is 15.7 Å². The number of aromatic nitrogens is 1. The molecule has 4 nitrogen and oxygen atoms in total. The molecule has 1 aliphatic rings. The molecule has 0 bridgehead atoms. The number of nitrogens with two attached hydrogens (primary N) is 1. The van der Waals surface area contributed by atoms with Crippen molar-refractivity contribution < 1.29 is 5.11 Å². The molecule has 1 aliphatic carbocycles. The van der Waals surface area contributed by atoms with Crippen LogP contribution in [0.5, 0.6) is 0 Å². The van der Waals surface area contributed by atoms with Crippen molar-refractivity contribution in [3.63, 3.8) is 0 Å². The van der Waals surface area contributed by atoms with Crippen LogP contribution in [0.4, 0.5) is 5.69 Å². The maximum Gasteiger partial charge on any atom is 0.124 e. The predicted molar refractivity (Wildman–Crippen MR) is 76.8 cm³/mol. The minimum Gasteiger partial charge on any atom is -0.388 e. The third-order valence-corrected chi connectivity index (χ3v) is 3.69. The van der Waals surface area contributed by atoms with Crippen molar-refractivity contribution in [2.75, 3.05) is 18.5 Å². The second-order valence-corrected chi connectivity index (χ2v) is 5.46. The van der Waals surface area contributed by atoms with Crippen molar-refractivity contribution in [1.29, 1.82) is 0 Å². The Morgan fingerprint density at radius 1 is 1.56 bits per heavy atom. The lowest BCUT2D eigenvalue weighted by Gasteiger charge is -2.30. The molecule has 0 unspecified atom stereocenters. The fraction of sp³-hybridized carbons (Fsp3) is 0.538. The zero-order valence-electron chi connectivity index (χ0n) is 10.6. The van der Waals surface area contributed by atoms with Gasteiger partial charge in [-0.25, -0.2) is 0 Å². The molecule has 1 aromatic heterocycles. The molecule has 1 heterocycles. The fourth-order valence-electron chi connectivity index (χ4n) is 2.61. The molecular weight excluding hydrogens is 246 g/mol. The summed E-state index contributed by atoms with van der Waals surface area (Å²) in [5.74, 6) is 0. The summed E-state index contributed by atoms with van der Waals surface area (Å²) in [7, 11) is 1.94. The molecule has 5 heteroatoms. The Kier molecular flexibility index (Phi) is 3.82. The van der Waals surface area contributed by atoms with Crippen molar-refractivity contribution in [2.45, 2.75) is 31.3 Å². The molecule has 1 aromatic rings. The Morgan fingerprint density at radius 3 is 2.83 bits per heavy atom. The quantitative estimate of drug-likeness (QED) is 0.807. The van der Waals surface area contributed by atoms with Crippen molar-refractivity contribution in [1.82, 2.24) is 4.98 Å². The average Bonchev–Trinajstić information content (AvgIpc) is 2.75. The molecule has 1 saturated carbocycles. The summed E-state index contributed by atoms with van der Waals surface area (Å²) in [6.45, 7) is 0.592. The Balaban J connectivity index is 2.18. The lowest BCUT2D eigenvalue weighted by molar-refractivity contribution is 0.0559. The summed E-state index contributed by atoms with van der Waals surface area (Å²) >= 11 is 5.01. The molecule has 3 N–H and O–H groups in total. The van der Waals surface area contributed by atoms with Crippen LogP contribution < -0.4 is 10.6 Å². The van der Waals surface area contributed by atoms with E-state index in [-0.39, 0.29) is 4.99 Å². The first-order valence-corrected chi connectivity index (χ1v) is 6.61. The summed E-state index contributed by atoms with van der Waals surface area (Å²) in [5.41, 5.74) is 6.59. The van der Waals surface area contributed by atoms with E-state index in [1.165, 1.54) is 0 Å². The van der Waals surface area contributed by atoms with Gasteiger partial charge in [0.05, 0.1) is 11.3 Å². The summed E-state index contributed by atoms with van der Waals surface area (Å²) in [6, 6.07) is 3.78. The maximum atomic E-state index is 10.4. The largest absolute Gasteiger partial charge is 0.388 e. The Labute approximate surface area is 113 Å². The van der Waals surface area contributed by atoms with E-state index in [0.29, 0.717) is 12.2 Å². The number of likely N-dealkylation sites (N-methyl/N-ethyl adjacent to an activating group) is 1. The fourth-order valence-corrected chi connectivity index (χ4v) is 2.77. The number of hydrogen-bond acceptors (Lipinski definition) is 4. The second kappa shape index (κ2) is 5.20. The smallest absolute Gasteiger partial charge is 0.124 e. The highest BCUT2D eigenvalue weighted by molar-refractivity contribution is 7.80. The monoisotopic (exact) mass is 265 g/mol. The number of anilines is 1. The molecule has 0 spiro atoms. The molecule has 0 atom stereocenters. The van der Waals surface area contributed by atoms with E-state index in [2.05, 4.69) is 4.98 Å². The SMILES string of the molecule is CN(CC1(O)CCCC1)c1cccnc1C(N)=S. The first-order chi connectivity index (χ1) is 8.52. The van der Waals surface area contributed by atoms with E-state index in [4.69, 9.17) is 18.0 Å².